The van der Waals surface area contributed by atoms with Gasteiger partial charge in [-0.1, -0.05) is 19.1 Å². The molecule has 0 aliphatic heterocycles. The number of aliphatic hydroxyl groups is 1. The van der Waals surface area contributed by atoms with Crippen molar-refractivity contribution < 1.29 is 9.84 Å². The topological polar surface area (TPSA) is 32.7 Å². The molecule has 0 bridgehead atoms. The lowest BCUT2D eigenvalue weighted by molar-refractivity contribution is 0.0954. The van der Waals surface area contributed by atoms with Crippen molar-refractivity contribution in [2.45, 2.75) is 39.3 Å². The first kappa shape index (κ1) is 15.0. The highest BCUT2D eigenvalue weighted by Gasteiger charge is 2.15. The van der Waals surface area contributed by atoms with Crippen molar-refractivity contribution in [3.05, 3.63) is 29.8 Å². The molecule has 1 N–H and O–H groups in total. The molecule has 1 rings (SSSR count). The Morgan fingerprint density at radius 1 is 1.33 bits per heavy atom. The molecule has 0 aliphatic carbocycles. The first-order valence-corrected chi connectivity index (χ1v) is 6.64. The van der Waals surface area contributed by atoms with Crippen molar-refractivity contribution in [3.8, 4) is 5.75 Å². The minimum absolute atomic E-state index is 0.449. The highest BCUT2D eigenvalue weighted by molar-refractivity contribution is 5.29. The molecule has 0 saturated carbocycles. The van der Waals surface area contributed by atoms with Crippen LogP contribution in [0.3, 0.4) is 0 Å². The molecule has 1 unspecified atom stereocenters. The lowest BCUT2D eigenvalue weighted by Gasteiger charge is -2.28. The van der Waals surface area contributed by atoms with Gasteiger partial charge in [0, 0.05) is 12.6 Å². The number of methoxy groups -OCH3 is 1. The van der Waals surface area contributed by atoms with E-state index in [0.29, 0.717) is 12.6 Å². The third-order valence-electron chi connectivity index (χ3n) is 3.13. The molecule has 0 amide bonds. The van der Waals surface area contributed by atoms with E-state index in [9.17, 15) is 5.11 Å². The first-order chi connectivity index (χ1) is 8.58. The van der Waals surface area contributed by atoms with Gasteiger partial charge in [0.1, 0.15) is 5.75 Å². The van der Waals surface area contributed by atoms with Crippen LogP contribution in [-0.4, -0.2) is 36.2 Å². The maximum atomic E-state index is 10.3. The zero-order valence-corrected chi connectivity index (χ0v) is 11.9. The van der Waals surface area contributed by atoms with Crippen LogP contribution in [0.5, 0.6) is 5.75 Å². The Labute approximate surface area is 110 Å². The van der Waals surface area contributed by atoms with Crippen LogP contribution in [0, 0.1) is 0 Å². The number of nitrogens with zero attached hydrogens (tertiary/aromatic N) is 1. The lowest BCUT2D eigenvalue weighted by Crippen LogP contribution is -2.35. The number of rotatable bonds is 7. The largest absolute Gasteiger partial charge is 0.497 e. The van der Waals surface area contributed by atoms with Gasteiger partial charge in [-0.25, -0.2) is 0 Å². The van der Waals surface area contributed by atoms with E-state index >= 15 is 0 Å². The summed E-state index contributed by atoms with van der Waals surface area (Å²) < 4.78 is 5.18. The molecular formula is C15H25NO2. The SMILES string of the molecule is CCCN(CC(O)c1cccc(OC)c1)C(C)C. The third-order valence-corrected chi connectivity index (χ3v) is 3.13. The molecule has 0 aromatic heterocycles. The average molecular weight is 251 g/mol. The van der Waals surface area contributed by atoms with Crippen LogP contribution < -0.4 is 4.74 Å². The molecule has 0 radical (unpaired) electrons. The maximum Gasteiger partial charge on any atom is 0.119 e. The summed E-state index contributed by atoms with van der Waals surface area (Å²) in [6, 6.07) is 8.09. The zero-order valence-electron chi connectivity index (χ0n) is 11.9. The minimum Gasteiger partial charge on any atom is -0.497 e. The van der Waals surface area contributed by atoms with E-state index in [4.69, 9.17) is 4.74 Å². The van der Waals surface area contributed by atoms with Crippen LogP contribution in [0.15, 0.2) is 24.3 Å². The summed E-state index contributed by atoms with van der Waals surface area (Å²) in [5.41, 5.74) is 0.913. The Morgan fingerprint density at radius 3 is 2.61 bits per heavy atom. The fourth-order valence-corrected chi connectivity index (χ4v) is 2.02. The van der Waals surface area contributed by atoms with Crippen LogP contribution in [0.4, 0.5) is 0 Å². The zero-order chi connectivity index (χ0) is 13.5. The second-order valence-corrected chi connectivity index (χ2v) is 4.88. The normalized spacial score (nSPS) is 13.1. The number of hydrogen-bond donors (Lipinski definition) is 1. The van der Waals surface area contributed by atoms with Gasteiger partial charge >= 0.3 is 0 Å². The molecule has 0 spiro atoms. The van der Waals surface area contributed by atoms with Gasteiger partial charge in [0.05, 0.1) is 13.2 Å². The predicted molar refractivity (Wildman–Crippen MR) is 75.0 cm³/mol. The van der Waals surface area contributed by atoms with E-state index in [1.165, 1.54) is 0 Å². The van der Waals surface area contributed by atoms with Crippen molar-refractivity contribution in [3.63, 3.8) is 0 Å². The third kappa shape index (κ3) is 4.31. The van der Waals surface area contributed by atoms with Gasteiger partial charge in [0.2, 0.25) is 0 Å². The summed E-state index contributed by atoms with van der Waals surface area (Å²) >= 11 is 0. The highest BCUT2D eigenvalue weighted by Crippen LogP contribution is 2.20. The van der Waals surface area contributed by atoms with Gasteiger partial charge in [0.25, 0.3) is 0 Å². The van der Waals surface area contributed by atoms with E-state index in [0.717, 1.165) is 24.3 Å². The molecule has 0 saturated heterocycles. The van der Waals surface area contributed by atoms with E-state index in [1.54, 1.807) is 7.11 Å². The van der Waals surface area contributed by atoms with Crippen molar-refractivity contribution in [1.29, 1.82) is 0 Å². The van der Waals surface area contributed by atoms with Crippen LogP contribution >= 0.6 is 0 Å². The molecule has 3 heteroatoms. The lowest BCUT2D eigenvalue weighted by atomic mass is 10.1. The van der Waals surface area contributed by atoms with E-state index in [-0.39, 0.29) is 0 Å². The van der Waals surface area contributed by atoms with Crippen LogP contribution in [-0.2, 0) is 0 Å². The van der Waals surface area contributed by atoms with Crippen LogP contribution in [0.25, 0.3) is 0 Å². The number of aliphatic hydroxyl groups excluding tert-OH is 1. The monoisotopic (exact) mass is 251 g/mol. The summed E-state index contributed by atoms with van der Waals surface area (Å²) in [6.07, 6.45) is 0.636. The maximum absolute atomic E-state index is 10.3. The summed E-state index contributed by atoms with van der Waals surface area (Å²) in [7, 11) is 1.64. The molecule has 1 aromatic carbocycles. The average Bonchev–Trinajstić information content (AvgIpc) is 2.38. The number of benzene rings is 1. The number of ether oxygens (including phenoxy) is 1. The molecular weight excluding hydrogens is 226 g/mol. The molecule has 18 heavy (non-hydrogen) atoms. The van der Waals surface area contributed by atoms with Gasteiger partial charge in [-0.2, -0.15) is 0 Å². The predicted octanol–water partition coefficient (Wildman–Crippen LogP) is 2.85. The van der Waals surface area contributed by atoms with Crippen molar-refractivity contribution in [2.75, 3.05) is 20.2 Å². The Bertz CT molecular complexity index is 352. The Morgan fingerprint density at radius 2 is 2.06 bits per heavy atom. The van der Waals surface area contributed by atoms with E-state index in [2.05, 4.69) is 25.7 Å². The molecule has 102 valence electrons. The fourth-order valence-electron chi connectivity index (χ4n) is 2.02. The standard InChI is InChI=1S/C15H25NO2/c1-5-9-16(12(2)3)11-15(17)13-7-6-8-14(10-13)18-4/h6-8,10,12,15,17H,5,9,11H2,1-4H3. The van der Waals surface area contributed by atoms with Gasteiger partial charge in [-0.3, -0.25) is 4.90 Å². The Hall–Kier alpha value is -1.06. The fraction of sp³-hybridized carbons (Fsp3) is 0.600. The van der Waals surface area contributed by atoms with Crippen molar-refractivity contribution in [2.24, 2.45) is 0 Å². The second-order valence-electron chi connectivity index (χ2n) is 4.88. The van der Waals surface area contributed by atoms with Gasteiger partial charge in [0.15, 0.2) is 0 Å². The second kappa shape index (κ2) is 7.39. The smallest absolute Gasteiger partial charge is 0.119 e. The van der Waals surface area contributed by atoms with Gasteiger partial charge < -0.3 is 9.84 Å². The molecule has 0 fully saturated rings. The molecule has 0 aliphatic rings. The van der Waals surface area contributed by atoms with E-state index < -0.39 is 6.10 Å². The number of hydrogen-bond acceptors (Lipinski definition) is 3. The van der Waals surface area contributed by atoms with Gasteiger partial charge in [-0.05, 0) is 44.5 Å². The first-order valence-electron chi connectivity index (χ1n) is 6.64. The Kier molecular flexibility index (Phi) is 6.16. The minimum atomic E-state index is -0.464. The molecule has 1 aromatic rings. The summed E-state index contributed by atoms with van der Waals surface area (Å²) in [4.78, 5) is 2.30. The molecule has 3 nitrogen and oxygen atoms in total. The molecule has 0 heterocycles. The molecule has 1 atom stereocenters. The summed E-state index contributed by atoms with van der Waals surface area (Å²) in [5.74, 6) is 0.790. The summed E-state index contributed by atoms with van der Waals surface area (Å²) in [6.45, 7) is 8.16. The van der Waals surface area contributed by atoms with Crippen LogP contribution in [0.2, 0.25) is 0 Å². The quantitative estimate of drug-likeness (QED) is 0.809. The van der Waals surface area contributed by atoms with Crippen LogP contribution in [0.1, 0.15) is 38.9 Å². The van der Waals surface area contributed by atoms with E-state index in [1.807, 2.05) is 24.3 Å². The van der Waals surface area contributed by atoms with Crippen molar-refractivity contribution >= 4 is 0 Å². The highest BCUT2D eigenvalue weighted by atomic mass is 16.5. The summed E-state index contributed by atoms with van der Waals surface area (Å²) in [5, 5.41) is 10.3. The Balaban J connectivity index is 2.70. The van der Waals surface area contributed by atoms with Crippen molar-refractivity contribution in [1.82, 2.24) is 4.90 Å². The van der Waals surface area contributed by atoms with Gasteiger partial charge in [-0.15, -0.1) is 0 Å².